The second-order valence-corrected chi connectivity index (χ2v) is 14.8. The van der Waals surface area contributed by atoms with Crippen LogP contribution in [0, 0.1) is 20.8 Å². The molecule has 2 aromatic heterocycles. The molecular formula is C35H44N4O5S2. The summed E-state index contributed by atoms with van der Waals surface area (Å²) in [6.07, 6.45) is 0. The topological polar surface area (TPSA) is 84.3 Å². The number of nitrogens with zero attached hydrogens (tertiary/aromatic N) is 4. The first-order valence-electron chi connectivity index (χ1n) is 15.5. The Morgan fingerprint density at radius 1 is 0.978 bits per heavy atom. The van der Waals surface area contributed by atoms with Gasteiger partial charge in [-0.2, -0.15) is 4.31 Å². The summed E-state index contributed by atoms with van der Waals surface area (Å²) in [6.45, 7) is 7.80. The highest BCUT2D eigenvalue weighted by Gasteiger charge is 2.34. The molecule has 4 aromatic rings. The fourth-order valence-electron chi connectivity index (χ4n) is 6.25. The molecule has 5 rings (SSSR count). The number of sulfonamides is 1. The van der Waals surface area contributed by atoms with Gasteiger partial charge in [0.2, 0.25) is 15.9 Å². The number of aromatic nitrogens is 1. The minimum Gasteiger partial charge on any atom is -0.496 e. The van der Waals surface area contributed by atoms with Gasteiger partial charge in [-0.15, -0.1) is 11.3 Å². The molecule has 0 bridgehead atoms. The van der Waals surface area contributed by atoms with Crippen LogP contribution in [-0.2, 0) is 39.2 Å². The van der Waals surface area contributed by atoms with Crippen molar-refractivity contribution >= 4 is 27.3 Å². The summed E-state index contributed by atoms with van der Waals surface area (Å²) < 4.78 is 43.6. The maximum Gasteiger partial charge on any atom is 0.249 e. The first kappa shape index (κ1) is 33.9. The van der Waals surface area contributed by atoms with Crippen molar-refractivity contribution in [2.45, 2.75) is 51.3 Å². The van der Waals surface area contributed by atoms with Crippen molar-refractivity contribution in [3.8, 4) is 5.75 Å². The molecular weight excluding hydrogens is 621 g/mol. The van der Waals surface area contributed by atoms with Crippen LogP contribution in [0.3, 0.4) is 0 Å². The molecule has 0 saturated carbocycles. The second kappa shape index (κ2) is 14.5. The molecule has 46 heavy (non-hydrogen) atoms. The van der Waals surface area contributed by atoms with Crippen LogP contribution in [0.25, 0.3) is 0 Å². The van der Waals surface area contributed by atoms with E-state index in [-0.39, 0.29) is 43.1 Å². The molecule has 1 amide bonds. The normalized spacial score (nSPS) is 15.0. The molecule has 246 valence electrons. The molecule has 9 nitrogen and oxygen atoms in total. The Balaban J connectivity index is 1.32. The van der Waals surface area contributed by atoms with E-state index in [1.54, 1.807) is 31.4 Å². The van der Waals surface area contributed by atoms with Crippen LogP contribution in [0.15, 0.2) is 70.9 Å². The van der Waals surface area contributed by atoms with E-state index in [2.05, 4.69) is 41.8 Å². The van der Waals surface area contributed by atoms with Gasteiger partial charge in [-0.1, -0.05) is 36.4 Å². The third kappa shape index (κ3) is 7.08. The Labute approximate surface area is 277 Å². The minimum atomic E-state index is -3.91. The molecule has 1 aliphatic heterocycles. The molecule has 1 unspecified atom stereocenters. The second-order valence-electron chi connectivity index (χ2n) is 12.0. The van der Waals surface area contributed by atoms with Crippen molar-refractivity contribution in [2.75, 3.05) is 47.5 Å². The van der Waals surface area contributed by atoms with Gasteiger partial charge in [-0.3, -0.25) is 4.79 Å². The summed E-state index contributed by atoms with van der Waals surface area (Å²) in [5, 5.41) is 2.03. The van der Waals surface area contributed by atoms with Crippen molar-refractivity contribution in [3.05, 3.63) is 105 Å². The van der Waals surface area contributed by atoms with E-state index >= 15 is 0 Å². The number of methoxy groups -OCH3 is 1. The van der Waals surface area contributed by atoms with Gasteiger partial charge in [0.1, 0.15) is 18.4 Å². The van der Waals surface area contributed by atoms with E-state index in [0.717, 1.165) is 28.2 Å². The van der Waals surface area contributed by atoms with E-state index in [9.17, 15) is 13.2 Å². The van der Waals surface area contributed by atoms with Gasteiger partial charge in [0, 0.05) is 49.0 Å². The van der Waals surface area contributed by atoms with Gasteiger partial charge in [0.25, 0.3) is 0 Å². The molecule has 0 N–H and O–H groups in total. The van der Waals surface area contributed by atoms with Gasteiger partial charge in [0.05, 0.1) is 18.6 Å². The third-order valence-electron chi connectivity index (χ3n) is 8.58. The lowest BCUT2D eigenvalue weighted by molar-refractivity contribution is -0.138. The zero-order chi connectivity index (χ0) is 33.0. The maximum atomic E-state index is 14.2. The van der Waals surface area contributed by atoms with Crippen LogP contribution in [0.2, 0.25) is 0 Å². The van der Waals surface area contributed by atoms with Gasteiger partial charge in [0.15, 0.2) is 0 Å². The van der Waals surface area contributed by atoms with Crippen molar-refractivity contribution in [1.29, 1.82) is 0 Å². The average Bonchev–Trinajstić information content (AvgIpc) is 3.70. The Bertz CT molecular complexity index is 1750. The predicted molar refractivity (Wildman–Crippen MR) is 182 cm³/mol. The zero-order valence-electron chi connectivity index (χ0n) is 27.5. The van der Waals surface area contributed by atoms with Crippen LogP contribution < -0.4 is 4.74 Å². The summed E-state index contributed by atoms with van der Waals surface area (Å²) in [5.41, 5.74) is 5.26. The number of ether oxygens (including phenoxy) is 2. The van der Waals surface area contributed by atoms with Gasteiger partial charge >= 0.3 is 0 Å². The van der Waals surface area contributed by atoms with Crippen LogP contribution in [0.4, 0.5) is 0 Å². The number of thiophene rings is 1. The lowest BCUT2D eigenvalue weighted by atomic mass is 10.1. The zero-order valence-corrected chi connectivity index (χ0v) is 29.2. The van der Waals surface area contributed by atoms with Crippen LogP contribution >= 0.6 is 11.3 Å². The third-order valence-corrected chi connectivity index (χ3v) is 11.6. The quantitative estimate of drug-likeness (QED) is 0.179. The molecule has 11 heteroatoms. The fourth-order valence-corrected chi connectivity index (χ4v) is 9.00. The van der Waals surface area contributed by atoms with Gasteiger partial charge < -0.3 is 23.8 Å². The van der Waals surface area contributed by atoms with Crippen molar-refractivity contribution in [3.63, 3.8) is 0 Å². The predicted octanol–water partition coefficient (Wildman–Crippen LogP) is 5.38. The molecule has 0 spiro atoms. The summed E-state index contributed by atoms with van der Waals surface area (Å²) >= 11 is 1.64. The Morgan fingerprint density at radius 3 is 2.41 bits per heavy atom. The summed E-state index contributed by atoms with van der Waals surface area (Å²) in [6, 6.07) is 19.4. The standard InChI is InChI=1S/C35H44N4O5S2/c1-25-21-31(43-6)26(2)27(3)35(25)46(41,42)37(22-28-11-8-7-9-12-28)18-19-44-24-33(40)39-17-16-38-29(23-36(4)5)14-15-30(38)34(39)32-13-10-20-45-32/h7-15,20-21,34H,16-19,22-24H2,1-6H3. The number of benzene rings is 2. The number of carbonyl (C=O) groups excluding carboxylic acids is 1. The van der Waals surface area contributed by atoms with Gasteiger partial charge in [-0.25, -0.2) is 8.42 Å². The Morgan fingerprint density at radius 2 is 1.74 bits per heavy atom. The first-order chi connectivity index (χ1) is 22.0. The van der Waals surface area contributed by atoms with E-state index in [0.29, 0.717) is 30.0 Å². The Hall–Kier alpha value is -3.48. The van der Waals surface area contributed by atoms with Gasteiger partial charge in [-0.05, 0) is 86.8 Å². The smallest absolute Gasteiger partial charge is 0.249 e. The minimum absolute atomic E-state index is 0.0753. The molecule has 0 fully saturated rings. The number of hydrogen-bond donors (Lipinski definition) is 0. The lowest BCUT2D eigenvalue weighted by Crippen LogP contribution is -2.44. The summed E-state index contributed by atoms with van der Waals surface area (Å²) in [7, 11) is 1.79. The van der Waals surface area contributed by atoms with E-state index < -0.39 is 10.0 Å². The largest absolute Gasteiger partial charge is 0.496 e. The van der Waals surface area contributed by atoms with Crippen molar-refractivity contribution in [2.24, 2.45) is 0 Å². The summed E-state index contributed by atoms with van der Waals surface area (Å²) in [4.78, 5) is 19.1. The molecule has 3 heterocycles. The SMILES string of the molecule is COc1cc(C)c(S(=O)(=O)N(CCOCC(=O)N2CCn3c(CN(C)C)ccc3C2c2cccs2)Cc2ccccc2)c(C)c1C. The molecule has 2 aromatic carbocycles. The highest BCUT2D eigenvalue weighted by molar-refractivity contribution is 7.89. The number of carbonyl (C=O) groups is 1. The fraction of sp³-hybridized carbons (Fsp3) is 0.400. The number of aryl methyl sites for hydroxylation is 1. The Kier molecular flexibility index (Phi) is 10.7. The molecule has 0 saturated heterocycles. The number of amides is 1. The average molecular weight is 665 g/mol. The maximum absolute atomic E-state index is 14.2. The summed E-state index contributed by atoms with van der Waals surface area (Å²) in [5.74, 6) is 0.542. The van der Waals surface area contributed by atoms with Crippen molar-refractivity contribution in [1.82, 2.24) is 18.7 Å². The number of rotatable bonds is 13. The van der Waals surface area contributed by atoms with Crippen LogP contribution in [0.1, 0.15) is 44.6 Å². The van der Waals surface area contributed by atoms with Crippen LogP contribution in [0.5, 0.6) is 5.75 Å². The van der Waals surface area contributed by atoms with Crippen molar-refractivity contribution < 1.29 is 22.7 Å². The van der Waals surface area contributed by atoms with E-state index in [4.69, 9.17) is 9.47 Å². The highest BCUT2D eigenvalue weighted by Crippen LogP contribution is 2.36. The molecule has 1 atom stereocenters. The van der Waals surface area contributed by atoms with E-state index in [1.165, 1.54) is 10.00 Å². The molecule has 1 aliphatic rings. The number of hydrogen-bond acceptors (Lipinski definition) is 7. The highest BCUT2D eigenvalue weighted by atomic mass is 32.2. The van der Waals surface area contributed by atoms with E-state index in [1.807, 2.05) is 60.5 Å². The molecule has 0 aliphatic carbocycles. The molecule has 0 radical (unpaired) electrons. The van der Waals surface area contributed by atoms with Crippen LogP contribution in [-0.4, -0.2) is 80.5 Å². The lowest BCUT2D eigenvalue weighted by Gasteiger charge is -2.37. The first-order valence-corrected chi connectivity index (χ1v) is 17.8. The monoisotopic (exact) mass is 664 g/mol. The number of fused-ring (bicyclic) bond motifs is 1.